The van der Waals surface area contributed by atoms with Crippen molar-refractivity contribution in [3.05, 3.63) is 150 Å². The highest BCUT2D eigenvalue weighted by atomic mass is 16.6. The second kappa shape index (κ2) is 32.2. The molecule has 0 bridgehead atoms. The van der Waals surface area contributed by atoms with Gasteiger partial charge in [0.2, 0.25) is 5.75 Å². The van der Waals surface area contributed by atoms with Crippen LogP contribution in [0.5, 0.6) is 40.2 Å². The minimum atomic E-state index is -0.441. The van der Waals surface area contributed by atoms with Crippen LogP contribution in [0.4, 0.5) is 0 Å². The van der Waals surface area contributed by atoms with Gasteiger partial charge in [-0.3, -0.25) is 0 Å². The molecule has 0 amide bonds. The molecular weight excluding hydrogens is 1020 g/mol. The Hall–Kier alpha value is -7.84. The molecule has 0 aromatic heterocycles. The molecule has 4 unspecified atom stereocenters. The van der Waals surface area contributed by atoms with Crippen molar-refractivity contribution in [1.29, 1.82) is 0 Å². The third-order valence-electron chi connectivity index (χ3n) is 11.0. The lowest BCUT2D eigenvalue weighted by atomic mass is 10.1. The van der Waals surface area contributed by atoms with Gasteiger partial charge in [0, 0.05) is 28.7 Å². The lowest BCUT2D eigenvalue weighted by Crippen LogP contribution is -2.08. The van der Waals surface area contributed by atoms with Crippen LogP contribution in [-0.2, 0) is 83.3 Å². The third-order valence-corrected chi connectivity index (χ3v) is 11.0. The zero-order valence-corrected chi connectivity index (χ0v) is 46.1. The van der Waals surface area contributed by atoms with E-state index in [2.05, 4.69) is 26.3 Å². The molecule has 4 aromatic carbocycles. The van der Waals surface area contributed by atoms with E-state index >= 15 is 0 Å². The Balaban J connectivity index is 0.000000194. The molecule has 0 aliphatic carbocycles. The summed E-state index contributed by atoms with van der Waals surface area (Å²) in [4.78, 5) is 45.2. The van der Waals surface area contributed by atoms with Crippen molar-refractivity contribution in [2.45, 2.75) is 78.4 Å². The molecule has 0 radical (unpaired) electrons. The Labute approximate surface area is 461 Å². The van der Waals surface area contributed by atoms with Crippen LogP contribution >= 0.6 is 0 Å². The summed E-state index contributed by atoms with van der Waals surface area (Å²) in [6.45, 7) is 26.7. The van der Waals surface area contributed by atoms with Crippen LogP contribution in [0.1, 0.15) is 49.9 Å². The van der Waals surface area contributed by atoms with Gasteiger partial charge in [-0.05, 0) is 98.5 Å². The van der Waals surface area contributed by atoms with Crippen molar-refractivity contribution in [2.24, 2.45) is 0 Å². The van der Waals surface area contributed by atoms with Crippen LogP contribution < -0.4 is 33.2 Å². The molecule has 19 heteroatoms. The van der Waals surface area contributed by atoms with Crippen molar-refractivity contribution in [3.8, 4) is 40.2 Å². The highest BCUT2D eigenvalue weighted by molar-refractivity contribution is 5.88. The van der Waals surface area contributed by atoms with Crippen LogP contribution in [0, 0.1) is 0 Å². The van der Waals surface area contributed by atoms with E-state index in [-0.39, 0.29) is 56.2 Å². The van der Waals surface area contributed by atoms with E-state index in [9.17, 15) is 19.2 Å². The smallest absolute Gasteiger partial charge is 0.333 e. The van der Waals surface area contributed by atoms with E-state index in [1.165, 1.54) is 0 Å². The molecule has 19 nitrogen and oxygen atoms in total. The molecule has 4 atom stereocenters. The SMILES string of the molecule is C=C(C)C(=O)OCCc1ccc(OCC2CO2)cc1.C=C(C)C(=O)OCc1cc(OC)c(OCC2CO2)c(OC)c1.C=C(C)C(=O)OCc1ccc(OCC2CO2)c(OC)c1.C=C(C)C(=O)OCc1ccc(OCC2CO2)cc1. The number of ether oxygens (including phenoxy) is 15. The fourth-order valence-corrected chi connectivity index (χ4v) is 6.11. The van der Waals surface area contributed by atoms with Crippen LogP contribution in [-0.4, -0.2) is 129 Å². The van der Waals surface area contributed by atoms with E-state index in [0.29, 0.717) is 97.1 Å². The van der Waals surface area contributed by atoms with Crippen molar-refractivity contribution < 1.29 is 90.2 Å². The first-order chi connectivity index (χ1) is 37.9. The molecule has 4 aromatic rings. The monoisotopic (exact) mass is 1100 g/mol. The van der Waals surface area contributed by atoms with Crippen LogP contribution in [0.3, 0.4) is 0 Å². The number of rotatable bonds is 28. The largest absolute Gasteiger partial charge is 0.493 e. The second-order valence-electron chi connectivity index (χ2n) is 18.4. The van der Waals surface area contributed by atoms with E-state index in [1.807, 2.05) is 54.6 Å². The van der Waals surface area contributed by atoms with Gasteiger partial charge in [0.05, 0.1) is 54.4 Å². The lowest BCUT2D eigenvalue weighted by Gasteiger charge is -2.15. The predicted octanol–water partition coefficient (Wildman–Crippen LogP) is 8.40. The van der Waals surface area contributed by atoms with E-state index in [4.69, 9.17) is 71.1 Å². The average Bonchev–Trinajstić information content (AvgIpc) is 4.21. The molecule has 4 aliphatic rings. The zero-order valence-electron chi connectivity index (χ0n) is 46.1. The van der Waals surface area contributed by atoms with Crippen molar-refractivity contribution in [2.75, 3.05) is 80.8 Å². The molecule has 4 aliphatic heterocycles. The van der Waals surface area contributed by atoms with Gasteiger partial charge in [-0.2, -0.15) is 0 Å². The Morgan fingerprint density at radius 1 is 0.418 bits per heavy atom. The molecule has 426 valence electrons. The van der Waals surface area contributed by atoms with E-state index < -0.39 is 11.9 Å². The fourth-order valence-electron chi connectivity index (χ4n) is 6.11. The first kappa shape index (κ1) is 62.0. The number of hydrogen-bond acceptors (Lipinski definition) is 19. The molecule has 4 fully saturated rings. The predicted molar refractivity (Wildman–Crippen MR) is 290 cm³/mol. The van der Waals surface area contributed by atoms with Crippen LogP contribution in [0.2, 0.25) is 0 Å². The Morgan fingerprint density at radius 3 is 1.16 bits per heavy atom. The lowest BCUT2D eigenvalue weighted by molar-refractivity contribution is -0.141. The van der Waals surface area contributed by atoms with Crippen LogP contribution in [0.25, 0.3) is 0 Å². The molecule has 4 saturated heterocycles. The number of esters is 4. The topological polar surface area (TPSA) is 220 Å². The van der Waals surface area contributed by atoms with Gasteiger partial charge in [-0.15, -0.1) is 0 Å². The van der Waals surface area contributed by atoms with E-state index in [1.54, 1.807) is 73.3 Å². The maximum Gasteiger partial charge on any atom is 0.333 e. The molecule has 8 rings (SSSR count). The molecule has 4 heterocycles. The summed E-state index contributed by atoms with van der Waals surface area (Å²) in [6.07, 6.45) is 1.52. The molecule has 79 heavy (non-hydrogen) atoms. The zero-order chi connectivity index (χ0) is 57.3. The third kappa shape index (κ3) is 24.2. The molecular formula is C60H72O19. The Bertz CT molecular complexity index is 2650. The minimum absolute atomic E-state index is 0.102. The Morgan fingerprint density at radius 2 is 0.759 bits per heavy atom. The van der Waals surface area contributed by atoms with Gasteiger partial charge in [0.15, 0.2) is 23.0 Å². The highest BCUT2D eigenvalue weighted by Crippen LogP contribution is 2.39. The van der Waals surface area contributed by atoms with Gasteiger partial charge in [-0.1, -0.05) is 56.6 Å². The fraction of sp³-hybridized carbons (Fsp3) is 0.400. The average molecular weight is 1100 g/mol. The maximum absolute atomic E-state index is 11.5. The second-order valence-corrected chi connectivity index (χ2v) is 18.4. The van der Waals surface area contributed by atoms with Crippen molar-refractivity contribution >= 4 is 23.9 Å². The van der Waals surface area contributed by atoms with Crippen molar-refractivity contribution in [1.82, 2.24) is 0 Å². The molecule has 0 spiro atoms. The first-order valence-electron chi connectivity index (χ1n) is 25.3. The van der Waals surface area contributed by atoms with Gasteiger partial charge in [-0.25, -0.2) is 19.2 Å². The standard InChI is InChI=1S/C16H20O6.C15H18O5.C15H18O4.C14H16O4/c1-10(2)16(17)22-7-11-5-13(18-3)15(14(6-11)19-4)21-9-12-8-20-12;1-10(2)15(16)20-7-11-4-5-13(14(6-11)17-3)19-9-12-8-18-12;1-11(2)15(16)17-8-7-12-3-5-13(6-4-12)18-9-14-10-19-14;1-10(2)14(15)18-7-11-3-5-12(6-4-11)16-8-13-9-17-13/h5-6,12H,1,7-9H2,2-4H3;4-6,12H,1,7-9H2,2-3H3;3-6,14H,1,7-10H2,2H3;3-6,13H,1,7-9H2,2H3. The maximum atomic E-state index is 11.5. The summed E-state index contributed by atoms with van der Waals surface area (Å²) in [5.41, 5.74) is 5.13. The quantitative estimate of drug-likeness (QED) is 0.0225. The summed E-state index contributed by atoms with van der Waals surface area (Å²) in [7, 11) is 4.65. The summed E-state index contributed by atoms with van der Waals surface area (Å²) in [6, 6.07) is 24.1. The number of methoxy groups -OCH3 is 3. The Kier molecular flexibility index (Phi) is 25.2. The van der Waals surface area contributed by atoms with Crippen molar-refractivity contribution in [3.63, 3.8) is 0 Å². The summed E-state index contributed by atoms with van der Waals surface area (Å²) < 4.78 is 78.9. The number of benzene rings is 4. The molecule has 0 saturated carbocycles. The molecule has 0 N–H and O–H groups in total. The number of hydrogen-bond donors (Lipinski definition) is 0. The van der Waals surface area contributed by atoms with Gasteiger partial charge < -0.3 is 71.1 Å². The normalized spacial score (nSPS) is 16.5. The van der Waals surface area contributed by atoms with E-state index in [0.717, 1.165) is 53.6 Å². The number of carbonyl (C=O) groups is 4. The highest BCUT2D eigenvalue weighted by Gasteiger charge is 2.27. The number of carbonyl (C=O) groups excluding carboxylic acids is 4. The van der Waals surface area contributed by atoms with Gasteiger partial charge >= 0.3 is 23.9 Å². The summed E-state index contributed by atoms with van der Waals surface area (Å²) >= 11 is 0. The summed E-state index contributed by atoms with van der Waals surface area (Å²) in [5.74, 6) is 2.86. The number of epoxide rings is 4. The van der Waals surface area contributed by atoms with Gasteiger partial charge in [0.1, 0.15) is 82.2 Å². The summed E-state index contributed by atoms with van der Waals surface area (Å²) in [5, 5.41) is 0. The first-order valence-corrected chi connectivity index (χ1v) is 25.3. The van der Waals surface area contributed by atoms with Gasteiger partial charge in [0.25, 0.3) is 0 Å². The minimum Gasteiger partial charge on any atom is -0.493 e. The van der Waals surface area contributed by atoms with Crippen LogP contribution in [0.15, 0.2) is 127 Å².